The van der Waals surface area contributed by atoms with Crippen LogP contribution in [0.5, 0.6) is 5.75 Å². The van der Waals surface area contributed by atoms with Crippen molar-refractivity contribution in [2.75, 3.05) is 13.1 Å². The fraction of sp³-hybridized carbons (Fsp3) is 0.423. The molecule has 0 aliphatic carbocycles. The molecule has 1 aliphatic rings. The number of hydrogen-bond donors (Lipinski definition) is 0. The summed E-state index contributed by atoms with van der Waals surface area (Å²) in [4.78, 5) is 15.2. The van der Waals surface area contributed by atoms with Crippen LogP contribution in [-0.2, 0) is 11.4 Å². The van der Waals surface area contributed by atoms with Gasteiger partial charge in [0.15, 0.2) is 11.0 Å². The number of para-hydroxylation sites is 2. The molecule has 1 fully saturated rings. The van der Waals surface area contributed by atoms with Crippen molar-refractivity contribution in [2.45, 2.75) is 51.1 Å². The molecule has 4 rings (SSSR count). The van der Waals surface area contributed by atoms with Gasteiger partial charge in [-0.2, -0.15) is 0 Å². The molecule has 7 heteroatoms. The first-order chi connectivity index (χ1) is 15.9. The van der Waals surface area contributed by atoms with Gasteiger partial charge in [0.05, 0.1) is 5.25 Å². The van der Waals surface area contributed by atoms with E-state index in [1.807, 2.05) is 77.9 Å². The number of hydrogen-bond acceptors (Lipinski definition) is 5. The monoisotopic (exact) mass is 464 g/mol. The van der Waals surface area contributed by atoms with Gasteiger partial charge >= 0.3 is 0 Å². The average molecular weight is 465 g/mol. The van der Waals surface area contributed by atoms with E-state index >= 15 is 0 Å². The topological polar surface area (TPSA) is 60.3 Å². The van der Waals surface area contributed by atoms with Gasteiger partial charge < -0.3 is 9.64 Å². The molecule has 3 unspecified atom stereocenters. The fourth-order valence-corrected chi connectivity index (χ4v) is 5.45. The molecular weight excluding hydrogens is 432 g/mol. The van der Waals surface area contributed by atoms with Crippen molar-refractivity contribution in [1.82, 2.24) is 19.7 Å². The smallest absolute Gasteiger partial charge is 0.235 e. The molecule has 0 radical (unpaired) electrons. The molecule has 0 bridgehead atoms. The van der Waals surface area contributed by atoms with E-state index in [4.69, 9.17) is 4.74 Å². The maximum atomic E-state index is 13.2. The predicted molar refractivity (Wildman–Crippen MR) is 132 cm³/mol. The SMILES string of the molecule is Cc1ccccc1OCc1nnc(SC(C)C(=O)N2CC(C)CC(C)C2)n1-c1ccccc1. The highest BCUT2D eigenvalue weighted by atomic mass is 32.2. The molecule has 2 aromatic carbocycles. The zero-order chi connectivity index (χ0) is 23.4. The van der Waals surface area contributed by atoms with Crippen molar-refractivity contribution in [3.63, 3.8) is 0 Å². The Labute approximate surface area is 200 Å². The standard InChI is InChI=1S/C26H32N4O2S/c1-18-14-19(2)16-29(15-18)25(31)21(4)33-26-28-27-24(30(26)22-11-6-5-7-12-22)17-32-23-13-9-8-10-20(23)3/h5-13,18-19,21H,14-17H2,1-4H3. The summed E-state index contributed by atoms with van der Waals surface area (Å²) in [5.41, 5.74) is 2.02. The van der Waals surface area contributed by atoms with E-state index in [-0.39, 0.29) is 17.8 Å². The van der Waals surface area contributed by atoms with Crippen LogP contribution in [0.4, 0.5) is 0 Å². The normalized spacial score (nSPS) is 19.3. The number of ether oxygens (including phenoxy) is 1. The molecule has 1 saturated heterocycles. The lowest BCUT2D eigenvalue weighted by molar-refractivity contribution is -0.132. The van der Waals surface area contributed by atoms with E-state index in [0.717, 1.165) is 30.1 Å². The quantitative estimate of drug-likeness (QED) is 0.453. The van der Waals surface area contributed by atoms with Gasteiger partial charge in [0.25, 0.3) is 0 Å². The Balaban J connectivity index is 1.55. The van der Waals surface area contributed by atoms with Crippen molar-refractivity contribution >= 4 is 17.7 Å². The molecule has 1 aromatic heterocycles. The highest BCUT2D eigenvalue weighted by molar-refractivity contribution is 8.00. The summed E-state index contributed by atoms with van der Waals surface area (Å²) in [6.07, 6.45) is 1.18. The summed E-state index contributed by atoms with van der Waals surface area (Å²) in [6.45, 7) is 10.4. The van der Waals surface area contributed by atoms with Crippen LogP contribution in [0.2, 0.25) is 0 Å². The maximum Gasteiger partial charge on any atom is 0.235 e. The third-order valence-electron chi connectivity index (χ3n) is 5.98. The minimum Gasteiger partial charge on any atom is -0.485 e. The molecule has 174 valence electrons. The minimum absolute atomic E-state index is 0.165. The molecule has 3 aromatic rings. The first-order valence-electron chi connectivity index (χ1n) is 11.6. The molecule has 3 atom stereocenters. The second-order valence-corrected chi connectivity index (χ2v) is 10.4. The summed E-state index contributed by atoms with van der Waals surface area (Å²) in [5, 5.41) is 9.33. The molecule has 33 heavy (non-hydrogen) atoms. The molecular formula is C26H32N4O2S. The summed E-state index contributed by atoms with van der Waals surface area (Å²) in [5.74, 6) is 2.76. The Morgan fingerprint density at radius 3 is 2.42 bits per heavy atom. The summed E-state index contributed by atoms with van der Waals surface area (Å²) in [6, 6.07) is 17.9. The molecule has 6 nitrogen and oxygen atoms in total. The number of carbonyl (C=O) groups excluding carboxylic acids is 1. The Bertz CT molecular complexity index is 1070. The van der Waals surface area contributed by atoms with Crippen molar-refractivity contribution < 1.29 is 9.53 Å². The summed E-state index contributed by atoms with van der Waals surface area (Å²) in [7, 11) is 0. The van der Waals surface area contributed by atoms with Gasteiger partial charge in [0.1, 0.15) is 12.4 Å². The van der Waals surface area contributed by atoms with E-state index in [0.29, 0.717) is 22.8 Å². The third-order valence-corrected chi connectivity index (χ3v) is 7.01. The lowest BCUT2D eigenvalue weighted by Crippen LogP contribution is -2.45. The number of aromatic nitrogens is 3. The number of benzene rings is 2. The van der Waals surface area contributed by atoms with Gasteiger partial charge in [-0.15, -0.1) is 10.2 Å². The molecule has 0 N–H and O–H groups in total. The van der Waals surface area contributed by atoms with Gasteiger partial charge in [0, 0.05) is 18.8 Å². The van der Waals surface area contributed by atoms with Crippen LogP contribution in [0.1, 0.15) is 38.6 Å². The Hall–Kier alpha value is -2.80. The number of rotatable bonds is 7. The van der Waals surface area contributed by atoms with Gasteiger partial charge in [-0.25, -0.2) is 0 Å². The number of likely N-dealkylation sites (tertiary alicyclic amines) is 1. The summed E-state index contributed by atoms with van der Waals surface area (Å²) < 4.78 is 8.06. The van der Waals surface area contributed by atoms with Crippen molar-refractivity contribution in [3.8, 4) is 11.4 Å². The third kappa shape index (κ3) is 5.58. The second kappa shape index (κ2) is 10.4. The fourth-order valence-electron chi connectivity index (χ4n) is 4.48. The Morgan fingerprint density at radius 2 is 1.73 bits per heavy atom. The van der Waals surface area contributed by atoms with Gasteiger partial charge in [-0.05, 0) is 55.9 Å². The van der Waals surface area contributed by atoms with E-state index in [1.54, 1.807) is 0 Å². The number of amides is 1. The molecule has 0 spiro atoms. The number of carbonyl (C=O) groups is 1. The average Bonchev–Trinajstić information content (AvgIpc) is 3.20. The van der Waals surface area contributed by atoms with E-state index < -0.39 is 0 Å². The van der Waals surface area contributed by atoms with Crippen LogP contribution in [-0.4, -0.2) is 43.9 Å². The van der Waals surface area contributed by atoms with Crippen LogP contribution in [0.25, 0.3) is 5.69 Å². The highest BCUT2D eigenvalue weighted by Crippen LogP contribution is 2.29. The largest absolute Gasteiger partial charge is 0.485 e. The lowest BCUT2D eigenvalue weighted by Gasteiger charge is -2.36. The first-order valence-corrected chi connectivity index (χ1v) is 12.4. The number of nitrogens with zero attached hydrogens (tertiary/aromatic N) is 4. The van der Waals surface area contributed by atoms with E-state index in [9.17, 15) is 4.79 Å². The summed E-state index contributed by atoms with van der Waals surface area (Å²) >= 11 is 1.46. The Morgan fingerprint density at radius 1 is 1.06 bits per heavy atom. The van der Waals surface area contributed by atoms with Crippen LogP contribution in [0.15, 0.2) is 59.8 Å². The van der Waals surface area contributed by atoms with Crippen molar-refractivity contribution in [1.29, 1.82) is 0 Å². The molecule has 0 saturated carbocycles. The van der Waals surface area contributed by atoms with Gasteiger partial charge in [-0.3, -0.25) is 9.36 Å². The van der Waals surface area contributed by atoms with E-state index in [2.05, 4.69) is 24.0 Å². The number of aryl methyl sites for hydroxylation is 1. The van der Waals surface area contributed by atoms with Crippen molar-refractivity contribution in [2.24, 2.45) is 11.8 Å². The van der Waals surface area contributed by atoms with Crippen LogP contribution in [0, 0.1) is 18.8 Å². The first kappa shape index (κ1) is 23.4. The molecule has 1 amide bonds. The van der Waals surface area contributed by atoms with Crippen LogP contribution < -0.4 is 4.74 Å². The second-order valence-electron chi connectivity index (χ2n) is 9.07. The highest BCUT2D eigenvalue weighted by Gasteiger charge is 2.30. The number of thioether (sulfide) groups is 1. The maximum absolute atomic E-state index is 13.2. The van der Waals surface area contributed by atoms with Gasteiger partial charge in [-0.1, -0.05) is 62.0 Å². The van der Waals surface area contributed by atoms with Crippen LogP contribution >= 0.6 is 11.8 Å². The van der Waals surface area contributed by atoms with Crippen molar-refractivity contribution in [3.05, 3.63) is 66.0 Å². The van der Waals surface area contributed by atoms with E-state index in [1.165, 1.54) is 18.2 Å². The molecule has 1 aliphatic heterocycles. The molecule has 2 heterocycles. The lowest BCUT2D eigenvalue weighted by atomic mass is 9.92. The van der Waals surface area contributed by atoms with Crippen LogP contribution in [0.3, 0.4) is 0 Å². The predicted octanol–water partition coefficient (Wildman–Crippen LogP) is 5.14. The number of piperidine rings is 1. The minimum atomic E-state index is -0.251. The zero-order valence-corrected chi connectivity index (χ0v) is 20.6. The zero-order valence-electron chi connectivity index (χ0n) is 19.8. The Kier molecular flexibility index (Phi) is 7.38. The van der Waals surface area contributed by atoms with Gasteiger partial charge in [0.2, 0.25) is 5.91 Å².